The zero-order valence-corrected chi connectivity index (χ0v) is 15.1. The number of rotatable bonds is 8. The van der Waals surface area contributed by atoms with Crippen molar-refractivity contribution in [2.75, 3.05) is 23.4 Å². The Labute approximate surface area is 144 Å². The van der Waals surface area contributed by atoms with Crippen molar-refractivity contribution >= 4 is 17.3 Å². The topological polar surface area (TPSA) is 52.2 Å². The smallest absolute Gasteiger partial charge is 0.226 e. The van der Waals surface area contributed by atoms with E-state index in [1.165, 1.54) is 0 Å². The van der Waals surface area contributed by atoms with Gasteiger partial charge in [-0.3, -0.25) is 4.79 Å². The summed E-state index contributed by atoms with van der Waals surface area (Å²) in [6, 6.07) is 8.19. The molecule has 0 radical (unpaired) electrons. The summed E-state index contributed by atoms with van der Waals surface area (Å²) >= 11 is 0. The molecule has 1 amide bonds. The van der Waals surface area contributed by atoms with E-state index in [1.807, 2.05) is 37.2 Å². The van der Waals surface area contributed by atoms with Crippen molar-refractivity contribution in [3.8, 4) is 0 Å². The maximum atomic E-state index is 12.5. The number of hydrogen-bond acceptors (Lipinski definition) is 3. The molecule has 1 N–H and O–H groups in total. The summed E-state index contributed by atoms with van der Waals surface area (Å²) in [5.74, 6) is 0.622. The van der Waals surface area contributed by atoms with Crippen LogP contribution in [0.15, 0.2) is 36.8 Å². The van der Waals surface area contributed by atoms with Crippen LogP contribution < -0.4 is 9.80 Å². The van der Waals surface area contributed by atoms with Gasteiger partial charge in [0.1, 0.15) is 0 Å². The molecule has 0 aliphatic carbocycles. The van der Waals surface area contributed by atoms with Gasteiger partial charge in [0.25, 0.3) is 0 Å². The Bertz CT molecular complexity index is 637. The van der Waals surface area contributed by atoms with Gasteiger partial charge in [-0.25, -0.2) is 4.98 Å². The molecule has 2 rings (SSSR count). The molecular weight excluding hydrogens is 300 g/mol. The van der Waals surface area contributed by atoms with Crippen LogP contribution in [-0.4, -0.2) is 29.5 Å². The second kappa shape index (κ2) is 8.52. The number of aromatic amines is 1. The Hall–Kier alpha value is -2.30. The third-order valence-corrected chi connectivity index (χ3v) is 3.86. The van der Waals surface area contributed by atoms with E-state index in [-0.39, 0.29) is 5.91 Å². The van der Waals surface area contributed by atoms with Gasteiger partial charge in [-0.1, -0.05) is 26.8 Å². The van der Waals surface area contributed by atoms with Gasteiger partial charge in [0.15, 0.2) is 0 Å². The lowest BCUT2D eigenvalue weighted by molar-refractivity contribution is -0.118. The van der Waals surface area contributed by atoms with Gasteiger partial charge in [0.05, 0.1) is 18.6 Å². The zero-order valence-electron chi connectivity index (χ0n) is 15.1. The molecule has 0 atom stereocenters. The number of imidazole rings is 1. The summed E-state index contributed by atoms with van der Waals surface area (Å²) in [5, 5.41) is 0. The Kier molecular flexibility index (Phi) is 6.41. The average Bonchev–Trinajstić information content (AvgIpc) is 3.05. The molecular formula is C19H28N4O. The third kappa shape index (κ3) is 4.85. The minimum atomic E-state index is 0.194. The highest BCUT2D eigenvalue weighted by atomic mass is 16.2. The van der Waals surface area contributed by atoms with Crippen LogP contribution >= 0.6 is 0 Å². The van der Waals surface area contributed by atoms with Crippen LogP contribution in [0.25, 0.3) is 0 Å². The molecule has 0 fully saturated rings. The van der Waals surface area contributed by atoms with E-state index >= 15 is 0 Å². The van der Waals surface area contributed by atoms with Gasteiger partial charge in [0.2, 0.25) is 5.91 Å². The molecule has 1 aromatic heterocycles. The van der Waals surface area contributed by atoms with Gasteiger partial charge in [-0.2, -0.15) is 0 Å². The molecule has 24 heavy (non-hydrogen) atoms. The number of nitrogens with zero attached hydrogens (tertiary/aromatic N) is 3. The third-order valence-electron chi connectivity index (χ3n) is 3.86. The minimum absolute atomic E-state index is 0.194. The van der Waals surface area contributed by atoms with Crippen LogP contribution in [0.3, 0.4) is 0 Å². The van der Waals surface area contributed by atoms with Gasteiger partial charge in [-0.15, -0.1) is 0 Å². The van der Waals surface area contributed by atoms with Gasteiger partial charge in [0, 0.05) is 37.6 Å². The lowest BCUT2D eigenvalue weighted by atomic mass is 10.1. The highest BCUT2D eigenvalue weighted by Gasteiger charge is 2.17. The first-order valence-corrected chi connectivity index (χ1v) is 8.60. The molecule has 1 aromatic carbocycles. The molecule has 5 heteroatoms. The summed E-state index contributed by atoms with van der Waals surface area (Å²) in [5.41, 5.74) is 3.11. The van der Waals surface area contributed by atoms with Crippen LogP contribution in [0.2, 0.25) is 0 Å². The van der Waals surface area contributed by atoms with Crippen LogP contribution in [0.1, 0.15) is 39.3 Å². The normalized spacial score (nSPS) is 10.9. The Morgan fingerprint density at radius 3 is 2.67 bits per heavy atom. The SMILES string of the molecule is CCCC(=O)N(CC(C)C)c1cccc(N(C)Cc2cnc[nH]2)c1. The molecule has 0 aliphatic rings. The maximum absolute atomic E-state index is 12.5. The Balaban J connectivity index is 2.20. The van der Waals surface area contributed by atoms with Gasteiger partial charge >= 0.3 is 0 Å². The maximum Gasteiger partial charge on any atom is 0.226 e. The quantitative estimate of drug-likeness (QED) is 0.801. The number of carbonyl (C=O) groups excluding carboxylic acids is 1. The van der Waals surface area contributed by atoms with Crippen molar-refractivity contribution in [3.05, 3.63) is 42.5 Å². The van der Waals surface area contributed by atoms with E-state index in [2.05, 4.69) is 40.8 Å². The highest BCUT2D eigenvalue weighted by molar-refractivity contribution is 5.93. The second-order valence-electron chi connectivity index (χ2n) is 6.60. The lowest BCUT2D eigenvalue weighted by Gasteiger charge is -2.27. The fourth-order valence-electron chi connectivity index (χ4n) is 2.68. The van der Waals surface area contributed by atoms with Crippen molar-refractivity contribution < 1.29 is 4.79 Å². The molecule has 0 bridgehead atoms. The van der Waals surface area contributed by atoms with Crippen LogP contribution in [0.4, 0.5) is 11.4 Å². The molecule has 130 valence electrons. The number of H-pyrrole nitrogens is 1. The van der Waals surface area contributed by atoms with Gasteiger partial charge in [-0.05, 0) is 30.5 Å². The number of amides is 1. The largest absolute Gasteiger partial charge is 0.369 e. The van der Waals surface area contributed by atoms with E-state index in [4.69, 9.17) is 0 Å². The zero-order chi connectivity index (χ0) is 17.5. The van der Waals surface area contributed by atoms with E-state index in [0.717, 1.165) is 36.6 Å². The van der Waals surface area contributed by atoms with Crippen LogP contribution in [0.5, 0.6) is 0 Å². The summed E-state index contributed by atoms with van der Waals surface area (Å²) in [6.45, 7) is 7.81. The highest BCUT2D eigenvalue weighted by Crippen LogP contribution is 2.24. The number of carbonyl (C=O) groups is 1. The van der Waals surface area contributed by atoms with Crippen molar-refractivity contribution in [3.63, 3.8) is 0 Å². The predicted molar refractivity (Wildman–Crippen MR) is 99.2 cm³/mol. The lowest BCUT2D eigenvalue weighted by Crippen LogP contribution is -2.34. The molecule has 0 saturated heterocycles. The predicted octanol–water partition coefficient (Wildman–Crippen LogP) is 3.84. The van der Waals surface area contributed by atoms with Crippen molar-refractivity contribution in [1.82, 2.24) is 9.97 Å². The second-order valence-corrected chi connectivity index (χ2v) is 6.60. The monoisotopic (exact) mass is 328 g/mol. The molecule has 0 spiro atoms. The fraction of sp³-hybridized carbons (Fsp3) is 0.474. The van der Waals surface area contributed by atoms with Crippen molar-refractivity contribution in [2.45, 2.75) is 40.2 Å². The Morgan fingerprint density at radius 2 is 2.04 bits per heavy atom. The number of nitrogens with one attached hydrogen (secondary N) is 1. The summed E-state index contributed by atoms with van der Waals surface area (Å²) < 4.78 is 0. The first kappa shape index (κ1) is 18.0. The minimum Gasteiger partial charge on any atom is -0.369 e. The molecule has 0 aliphatic heterocycles. The molecule has 2 aromatic rings. The van der Waals surface area contributed by atoms with Gasteiger partial charge < -0.3 is 14.8 Å². The van der Waals surface area contributed by atoms with E-state index in [0.29, 0.717) is 12.3 Å². The number of benzene rings is 1. The van der Waals surface area contributed by atoms with Crippen LogP contribution in [0, 0.1) is 5.92 Å². The van der Waals surface area contributed by atoms with Crippen molar-refractivity contribution in [1.29, 1.82) is 0 Å². The number of anilines is 2. The fourth-order valence-corrected chi connectivity index (χ4v) is 2.68. The van der Waals surface area contributed by atoms with E-state index in [1.54, 1.807) is 6.33 Å². The summed E-state index contributed by atoms with van der Waals surface area (Å²) in [4.78, 5) is 23.8. The first-order valence-electron chi connectivity index (χ1n) is 8.60. The van der Waals surface area contributed by atoms with Crippen molar-refractivity contribution in [2.24, 2.45) is 5.92 Å². The van der Waals surface area contributed by atoms with E-state index < -0.39 is 0 Å². The molecule has 5 nitrogen and oxygen atoms in total. The Morgan fingerprint density at radius 1 is 1.29 bits per heavy atom. The van der Waals surface area contributed by atoms with Crippen LogP contribution in [-0.2, 0) is 11.3 Å². The molecule has 0 unspecified atom stereocenters. The summed E-state index contributed by atoms with van der Waals surface area (Å²) in [7, 11) is 2.04. The molecule has 0 saturated carbocycles. The number of aromatic nitrogens is 2. The van der Waals surface area contributed by atoms with E-state index in [9.17, 15) is 4.79 Å². The summed E-state index contributed by atoms with van der Waals surface area (Å²) in [6.07, 6.45) is 4.97. The standard InChI is InChI=1S/C19H28N4O/c1-5-7-19(24)23(12-15(2)3)18-9-6-8-17(10-18)22(4)13-16-11-20-14-21-16/h6,8-11,14-15H,5,7,12-13H2,1-4H3,(H,20,21). The number of hydrogen-bond donors (Lipinski definition) is 1. The average molecular weight is 328 g/mol. The molecule has 1 heterocycles. The first-order chi connectivity index (χ1) is 11.5.